The molecule has 1 amide bonds. The van der Waals surface area contributed by atoms with E-state index in [1.165, 1.54) is 0 Å². The van der Waals surface area contributed by atoms with Gasteiger partial charge in [0.05, 0.1) is 0 Å². The SMILES string of the molecule is Cc1sc(NC(=O)C(F)(F)F)c(C(=O)O)c1-c1ccccc1. The third kappa shape index (κ3) is 3.11. The van der Waals surface area contributed by atoms with Crippen LogP contribution in [0, 0.1) is 6.92 Å². The number of aromatic carboxylic acids is 1. The fraction of sp³-hybridized carbons (Fsp3) is 0.143. The molecule has 116 valence electrons. The maximum Gasteiger partial charge on any atom is 0.471 e. The summed E-state index contributed by atoms with van der Waals surface area (Å²) in [4.78, 5) is 23.0. The van der Waals surface area contributed by atoms with E-state index in [0.717, 1.165) is 11.3 Å². The van der Waals surface area contributed by atoms with E-state index in [-0.39, 0.29) is 10.6 Å². The van der Waals surface area contributed by atoms with E-state index in [1.807, 2.05) is 0 Å². The number of anilines is 1. The molecule has 0 radical (unpaired) electrons. The van der Waals surface area contributed by atoms with Gasteiger partial charge in [0, 0.05) is 10.4 Å². The van der Waals surface area contributed by atoms with Crippen LogP contribution in [0.1, 0.15) is 15.2 Å². The molecule has 0 aliphatic heterocycles. The van der Waals surface area contributed by atoms with Gasteiger partial charge in [-0.05, 0) is 12.5 Å². The zero-order valence-electron chi connectivity index (χ0n) is 11.2. The van der Waals surface area contributed by atoms with E-state index in [9.17, 15) is 27.9 Å². The molecule has 0 spiro atoms. The molecule has 0 fully saturated rings. The monoisotopic (exact) mass is 329 g/mol. The highest BCUT2D eigenvalue weighted by Crippen LogP contribution is 2.40. The maximum atomic E-state index is 12.3. The molecule has 2 N–H and O–H groups in total. The van der Waals surface area contributed by atoms with Gasteiger partial charge in [-0.3, -0.25) is 4.79 Å². The lowest BCUT2D eigenvalue weighted by Crippen LogP contribution is -2.30. The molecule has 2 aromatic rings. The van der Waals surface area contributed by atoms with Gasteiger partial charge in [0.25, 0.3) is 0 Å². The minimum Gasteiger partial charge on any atom is -0.478 e. The summed E-state index contributed by atoms with van der Waals surface area (Å²) in [6, 6.07) is 8.41. The Morgan fingerprint density at radius 1 is 1.18 bits per heavy atom. The average molecular weight is 329 g/mol. The Kier molecular flexibility index (Phi) is 4.23. The summed E-state index contributed by atoms with van der Waals surface area (Å²) >= 11 is 0.796. The summed E-state index contributed by atoms with van der Waals surface area (Å²) in [5, 5.41) is 10.6. The molecular formula is C14H10F3NO3S. The molecule has 1 aromatic carbocycles. The number of aryl methyl sites for hydroxylation is 1. The van der Waals surface area contributed by atoms with Crippen LogP contribution in [0.2, 0.25) is 0 Å². The highest BCUT2D eigenvalue weighted by molar-refractivity contribution is 7.17. The molecule has 2 rings (SSSR count). The van der Waals surface area contributed by atoms with Crippen LogP contribution in [0.5, 0.6) is 0 Å². The molecule has 0 saturated heterocycles. The smallest absolute Gasteiger partial charge is 0.471 e. The minimum absolute atomic E-state index is 0.301. The van der Waals surface area contributed by atoms with Crippen molar-refractivity contribution in [3.8, 4) is 11.1 Å². The number of thiophene rings is 1. The summed E-state index contributed by atoms with van der Waals surface area (Å²) in [6.45, 7) is 1.59. The minimum atomic E-state index is -5.08. The Bertz CT molecular complexity index is 723. The molecule has 0 atom stereocenters. The summed E-state index contributed by atoms with van der Waals surface area (Å²) < 4.78 is 37.0. The topological polar surface area (TPSA) is 66.4 Å². The van der Waals surface area contributed by atoms with Crippen molar-refractivity contribution < 1.29 is 27.9 Å². The van der Waals surface area contributed by atoms with Crippen molar-refractivity contribution in [3.05, 3.63) is 40.8 Å². The van der Waals surface area contributed by atoms with Crippen molar-refractivity contribution in [1.82, 2.24) is 0 Å². The number of carbonyl (C=O) groups is 2. The number of amides is 1. The molecule has 0 saturated carbocycles. The maximum absolute atomic E-state index is 12.3. The number of benzene rings is 1. The van der Waals surface area contributed by atoms with Gasteiger partial charge in [0.15, 0.2) is 0 Å². The number of carbonyl (C=O) groups excluding carboxylic acids is 1. The van der Waals surface area contributed by atoms with E-state index in [4.69, 9.17) is 0 Å². The summed E-state index contributed by atoms with van der Waals surface area (Å²) in [5.41, 5.74) is 0.517. The largest absolute Gasteiger partial charge is 0.478 e. The van der Waals surface area contributed by atoms with Crippen LogP contribution in [0.25, 0.3) is 11.1 Å². The predicted molar refractivity (Wildman–Crippen MR) is 76.1 cm³/mol. The van der Waals surface area contributed by atoms with E-state index < -0.39 is 18.1 Å². The van der Waals surface area contributed by atoms with Gasteiger partial charge in [-0.15, -0.1) is 11.3 Å². The van der Waals surface area contributed by atoms with Crippen LogP contribution in [0.4, 0.5) is 18.2 Å². The lowest BCUT2D eigenvalue weighted by molar-refractivity contribution is -0.167. The first-order valence-electron chi connectivity index (χ1n) is 6.02. The Morgan fingerprint density at radius 3 is 2.27 bits per heavy atom. The Balaban J connectivity index is 2.54. The average Bonchev–Trinajstić information content (AvgIpc) is 2.75. The van der Waals surface area contributed by atoms with Crippen molar-refractivity contribution in [2.75, 3.05) is 5.32 Å². The second-order valence-electron chi connectivity index (χ2n) is 4.36. The van der Waals surface area contributed by atoms with Crippen molar-refractivity contribution in [1.29, 1.82) is 0 Å². The normalized spacial score (nSPS) is 11.3. The first-order valence-corrected chi connectivity index (χ1v) is 6.83. The Morgan fingerprint density at radius 2 is 1.77 bits per heavy atom. The number of alkyl halides is 3. The highest BCUT2D eigenvalue weighted by atomic mass is 32.1. The summed E-state index contributed by atoms with van der Waals surface area (Å²) in [6.07, 6.45) is -5.08. The Labute approximate surface area is 127 Å². The fourth-order valence-corrected chi connectivity index (χ4v) is 3.03. The van der Waals surface area contributed by atoms with Crippen LogP contribution >= 0.6 is 11.3 Å². The lowest BCUT2D eigenvalue weighted by Gasteiger charge is -2.08. The molecule has 0 aliphatic rings. The zero-order valence-corrected chi connectivity index (χ0v) is 12.0. The van der Waals surface area contributed by atoms with Gasteiger partial charge < -0.3 is 10.4 Å². The Hall–Kier alpha value is -2.35. The fourth-order valence-electron chi connectivity index (χ4n) is 1.96. The van der Waals surface area contributed by atoms with Crippen LogP contribution in [0.15, 0.2) is 30.3 Å². The van der Waals surface area contributed by atoms with Gasteiger partial charge in [-0.2, -0.15) is 13.2 Å². The van der Waals surface area contributed by atoms with Gasteiger partial charge >= 0.3 is 18.1 Å². The number of nitrogens with one attached hydrogen (secondary N) is 1. The van der Waals surface area contributed by atoms with Gasteiger partial charge in [0.2, 0.25) is 0 Å². The van der Waals surface area contributed by atoms with E-state index in [2.05, 4.69) is 0 Å². The van der Waals surface area contributed by atoms with Crippen molar-refractivity contribution in [3.63, 3.8) is 0 Å². The van der Waals surface area contributed by atoms with Gasteiger partial charge in [0.1, 0.15) is 10.6 Å². The molecule has 22 heavy (non-hydrogen) atoms. The quantitative estimate of drug-likeness (QED) is 0.897. The molecule has 1 heterocycles. The van der Waals surface area contributed by atoms with Crippen molar-refractivity contribution in [2.45, 2.75) is 13.1 Å². The second-order valence-corrected chi connectivity index (χ2v) is 5.59. The number of rotatable bonds is 3. The predicted octanol–water partition coefficient (Wildman–Crippen LogP) is 3.92. The molecule has 1 aromatic heterocycles. The van der Waals surface area contributed by atoms with Crippen molar-refractivity contribution in [2.24, 2.45) is 0 Å². The zero-order chi connectivity index (χ0) is 16.5. The van der Waals surface area contributed by atoms with Crippen LogP contribution in [0.3, 0.4) is 0 Å². The molecule has 0 bridgehead atoms. The highest BCUT2D eigenvalue weighted by Gasteiger charge is 2.40. The van der Waals surface area contributed by atoms with Gasteiger partial charge in [-0.1, -0.05) is 30.3 Å². The molecule has 0 aliphatic carbocycles. The van der Waals surface area contributed by atoms with Crippen LogP contribution in [-0.2, 0) is 4.79 Å². The van der Waals surface area contributed by atoms with Crippen LogP contribution in [-0.4, -0.2) is 23.2 Å². The van der Waals surface area contributed by atoms with E-state index in [1.54, 1.807) is 42.6 Å². The summed E-state index contributed by atoms with van der Waals surface area (Å²) in [7, 11) is 0. The molecule has 8 heteroatoms. The molecular weight excluding hydrogens is 319 g/mol. The standard InChI is InChI=1S/C14H10F3NO3S/c1-7-9(8-5-3-2-4-6-8)10(12(19)20)11(22-7)18-13(21)14(15,16)17/h2-6H,1H3,(H,18,21)(H,19,20). The lowest BCUT2D eigenvalue weighted by atomic mass is 10.0. The third-order valence-electron chi connectivity index (χ3n) is 2.85. The van der Waals surface area contributed by atoms with Gasteiger partial charge in [-0.25, -0.2) is 4.79 Å². The summed E-state index contributed by atoms with van der Waals surface area (Å²) in [5.74, 6) is -3.60. The first-order chi connectivity index (χ1) is 10.2. The number of hydrogen-bond donors (Lipinski definition) is 2. The third-order valence-corrected chi connectivity index (χ3v) is 3.87. The number of carboxylic acids is 1. The number of halogens is 3. The molecule has 4 nitrogen and oxygen atoms in total. The first kappa shape index (κ1) is 16.0. The second kappa shape index (κ2) is 5.80. The van der Waals surface area contributed by atoms with Crippen molar-refractivity contribution >= 4 is 28.2 Å². The van der Waals surface area contributed by atoms with Crippen LogP contribution < -0.4 is 5.32 Å². The molecule has 0 unspecified atom stereocenters. The van der Waals surface area contributed by atoms with E-state index >= 15 is 0 Å². The van der Waals surface area contributed by atoms with E-state index in [0.29, 0.717) is 16.0 Å². The number of carboxylic acid groups (broad SMARTS) is 1. The number of hydrogen-bond acceptors (Lipinski definition) is 3.